The Morgan fingerprint density at radius 2 is 2.10 bits per heavy atom. The number of carboxylic acid groups (broad SMARTS) is 1. The Balaban J connectivity index is 2.47. The van der Waals surface area contributed by atoms with Crippen LogP contribution in [0.15, 0.2) is 0 Å². The molecule has 2 amide bonds. The van der Waals surface area contributed by atoms with Crippen molar-refractivity contribution < 1.29 is 29.6 Å². The van der Waals surface area contributed by atoms with Crippen LogP contribution in [0.4, 0.5) is 4.79 Å². The standard InChI is InChI=1S/C12H22N2O6/c1-8-4-14(5-9(6-15)20-8)11(18)13-7-12(2,19)3-10(16)17/h8-9,15,19H,3-7H2,1-2H3,(H,13,18)(H,16,17). The smallest absolute Gasteiger partial charge is 0.317 e. The molecule has 1 rings (SSSR count). The first kappa shape index (κ1) is 16.7. The number of carbonyl (C=O) groups excluding carboxylic acids is 1. The third kappa shape index (κ3) is 5.32. The van der Waals surface area contributed by atoms with Crippen molar-refractivity contribution in [3.63, 3.8) is 0 Å². The van der Waals surface area contributed by atoms with Gasteiger partial charge >= 0.3 is 12.0 Å². The fourth-order valence-electron chi connectivity index (χ4n) is 2.08. The summed E-state index contributed by atoms with van der Waals surface area (Å²) in [6, 6.07) is -0.413. The van der Waals surface area contributed by atoms with Crippen LogP contribution in [0.2, 0.25) is 0 Å². The number of aliphatic carboxylic acids is 1. The Labute approximate surface area is 117 Å². The molecule has 1 aliphatic heterocycles. The summed E-state index contributed by atoms with van der Waals surface area (Å²) in [4.78, 5) is 24.0. The maximum atomic E-state index is 12.0. The zero-order chi connectivity index (χ0) is 15.3. The van der Waals surface area contributed by atoms with Crippen molar-refractivity contribution >= 4 is 12.0 Å². The second-order valence-electron chi connectivity index (χ2n) is 5.38. The lowest BCUT2D eigenvalue weighted by Gasteiger charge is -2.36. The molecule has 20 heavy (non-hydrogen) atoms. The number of hydrogen-bond donors (Lipinski definition) is 4. The number of carbonyl (C=O) groups is 2. The third-order valence-corrected chi connectivity index (χ3v) is 2.97. The molecular formula is C12H22N2O6. The molecule has 1 aliphatic rings. The van der Waals surface area contributed by atoms with E-state index in [1.54, 1.807) is 6.92 Å². The molecule has 0 aliphatic carbocycles. The molecule has 1 saturated heterocycles. The van der Waals surface area contributed by atoms with E-state index in [4.69, 9.17) is 14.9 Å². The Bertz CT molecular complexity index is 360. The van der Waals surface area contributed by atoms with E-state index in [0.717, 1.165) is 0 Å². The maximum absolute atomic E-state index is 12.0. The normalized spacial score (nSPS) is 25.9. The number of aliphatic hydroxyl groups is 2. The minimum Gasteiger partial charge on any atom is -0.481 e. The van der Waals surface area contributed by atoms with Gasteiger partial charge in [-0.05, 0) is 13.8 Å². The number of amides is 2. The van der Waals surface area contributed by atoms with E-state index in [0.29, 0.717) is 6.54 Å². The van der Waals surface area contributed by atoms with E-state index >= 15 is 0 Å². The molecule has 3 atom stereocenters. The average Bonchev–Trinajstić information content (AvgIpc) is 2.33. The monoisotopic (exact) mass is 290 g/mol. The highest BCUT2D eigenvalue weighted by Crippen LogP contribution is 2.12. The first-order chi connectivity index (χ1) is 9.23. The highest BCUT2D eigenvalue weighted by Gasteiger charge is 2.30. The minimum atomic E-state index is -1.50. The number of rotatable bonds is 5. The van der Waals surface area contributed by atoms with Crippen LogP contribution >= 0.6 is 0 Å². The predicted molar refractivity (Wildman–Crippen MR) is 69.3 cm³/mol. The Hall–Kier alpha value is -1.38. The van der Waals surface area contributed by atoms with Crippen LogP contribution in [-0.4, -0.2) is 76.3 Å². The lowest BCUT2D eigenvalue weighted by Crippen LogP contribution is -2.55. The predicted octanol–water partition coefficient (Wildman–Crippen LogP) is -0.997. The lowest BCUT2D eigenvalue weighted by atomic mass is 10.0. The molecule has 0 bridgehead atoms. The molecule has 116 valence electrons. The number of urea groups is 1. The largest absolute Gasteiger partial charge is 0.481 e. The van der Waals surface area contributed by atoms with Gasteiger partial charge in [0.1, 0.15) is 0 Å². The number of aliphatic hydroxyl groups excluding tert-OH is 1. The molecule has 8 nitrogen and oxygen atoms in total. The topological polar surface area (TPSA) is 119 Å². The molecular weight excluding hydrogens is 268 g/mol. The van der Waals surface area contributed by atoms with Crippen molar-refractivity contribution in [2.45, 2.75) is 38.1 Å². The molecule has 8 heteroatoms. The van der Waals surface area contributed by atoms with Crippen molar-refractivity contribution in [1.29, 1.82) is 0 Å². The van der Waals surface area contributed by atoms with Crippen LogP contribution in [0, 0.1) is 0 Å². The number of hydrogen-bond acceptors (Lipinski definition) is 5. The van der Waals surface area contributed by atoms with Crippen molar-refractivity contribution in [2.75, 3.05) is 26.2 Å². The van der Waals surface area contributed by atoms with Gasteiger partial charge in [0.05, 0.1) is 37.4 Å². The second-order valence-corrected chi connectivity index (χ2v) is 5.38. The van der Waals surface area contributed by atoms with Gasteiger partial charge in [-0.1, -0.05) is 0 Å². The summed E-state index contributed by atoms with van der Waals surface area (Å²) in [6.07, 6.45) is -1.07. The van der Waals surface area contributed by atoms with Crippen LogP contribution in [-0.2, 0) is 9.53 Å². The van der Waals surface area contributed by atoms with Crippen molar-refractivity contribution in [1.82, 2.24) is 10.2 Å². The summed E-state index contributed by atoms with van der Waals surface area (Å²) in [7, 11) is 0. The molecule has 0 aromatic rings. The summed E-state index contributed by atoms with van der Waals surface area (Å²) in [5, 5.41) is 30.0. The Kier molecular flexibility index (Phi) is 5.73. The Morgan fingerprint density at radius 1 is 1.45 bits per heavy atom. The fourth-order valence-corrected chi connectivity index (χ4v) is 2.08. The van der Waals surface area contributed by atoms with Crippen molar-refractivity contribution in [2.24, 2.45) is 0 Å². The first-order valence-electron chi connectivity index (χ1n) is 6.47. The van der Waals surface area contributed by atoms with Gasteiger partial charge in [-0.3, -0.25) is 4.79 Å². The number of nitrogens with zero attached hydrogens (tertiary/aromatic N) is 1. The zero-order valence-electron chi connectivity index (χ0n) is 11.7. The van der Waals surface area contributed by atoms with E-state index in [9.17, 15) is 14.7 Å². The van der Waals surface area contributed by atoms with Crippen LogP contribution < -0.4 is 5.32 Å². The molecule has 1 heterocycles. The summed E-state index contributed by atoms with van der Waals surface area (Å²) in [5.41, 5.74) is -1.50. The van der Waals surface area contributed by atoms with Crippen molar-refractivity contribution in [3.8, 4) is 0 Å². The molecule has 0 aromatic heterocycles. The minimum absolute atomic E-state index is 0.159. The van der Waals surface area contributed by atoms with E-state index < -0.39 is 30.1 Å². The van der Waals surface area contributed by atoms with Gasteiger partial charge in [0.15, 0.2) is 0 Å². The van der Waals surface area contributed by atoms with E-state index in [1.165, 1.54) is 11.8 Å². The van der Waals surface area contributed by atoms with Crippen molar-refractivity contribution in [3.05, 3.63) is 0 Å². The number of nitrogens with one attached hydrogen (secondary N) is 1. The van der Waals surface area contributed by atoms with Gasteiger partial charge in [-0.15, -0.1) is 0 Å². The zero-order valence-corrected chi connectivity index (χ0v) is 11.7. The van der Waals surface area contributed by atoms with Gasteiger partial charge in [0.25, 0.3) is 0 Å². The summed E-state index contributed by atoms with van der Waals surface area (Å²) < 4.78 is 5.42. The molecule has 3 unspecified atom stereocenters. The lowest BCUT2D eigenvalue weighted by molar-refractivity contribution is -0.141. The van der Waals surface area contributed by atoms with Crippen LogP contribution in [0.5, 0.6) is 0 Å². The number of morpholine rings is 1. The summed E-state index contributed by atoms with van der Waals surface area (Å²) in [6.45, 7) is 3.44. The van der Waals surface area contributed by atoms with E-state index in [-0.39, 0.29) is 25.8 Å². The number of ether oxygens (including phenoxy) is 1. The van der Waals surface area contributed by atoms with Crippen LogP contribution in [0.25, 0.3) is 0 Å². The van der Waals surface area contributed by atoms with Gasteiger partial charge in [-0.2, -0.15) is 0 Å². The van der Waals surface area contributed by atoms with Gasteiger partial charge in [0.2, 0.25) is 0 Å². The molecule has 0 aromatic carbocycles. The number of carboxylic acids is 1. The summed E-state index contributed by atoms with van der Waals surface area (Å²) in [5.74, 6) is -1.13. The SMILES string of the molecule is CC1CN(C(=O)NCC(C)(O)CC(=O)O)CC(CO)O1. The summed E-state index contributed by atoms with van der Waals surface area (Å²) >= 11 is 0. The first-order valence-corrected chi connectivity index (χ1v) is 6.47. The van der Waals surface area contributed by atoms with E-state index in [1.807, 2.05) is 0 Å². The molecule has 1 fully saturated rings. The Morgan fingerprint density at radius 3 is 2.65 bits per heavy atom. The molecule has 4 N–H and O–H groups in total. The molecule has 0 radical (unpaired) electrons. The molecule has 0 spiro atoms. The second kappa shape index (κ2) is 6.87. The highest BCUT2D eigenvalue weighted by atomic mass is 16.5. The molecule has 0 saturated carbocycles. The maximum Gasteiger partial charge on any atom is 0.317 e. The highest BCUT2D eigenvalue weighted by molar-refractivity contribution is 5.74. The van der Waals surface area contributed by atoms with E-state index in [2.05, 4.69) is 5.32 Å². The quantitative estimate of drug-likeness (QED) is 0.516. The average molecular weight is 290 g/mol. The van der Waals surface area contributed by atoms with Gasteiger partial charge in [0, 0.05) is 13.1 Å². The fraction of sp³-hybridized carbons (Fsp3) is 0.833. The van der Waals surface area contributed by atoms with Crippen LogP contribution in [0.3, 0.4) is 0 Å². The van der Waals surface area contributed by atoms with Gasteiger partial charge in [-0.25, -0.2) is 4.79 Å². The third-order valence-electron chi connectivity index (χ3n) is 2.97. The van der Waals surface area contributed by atoms with Gasteiger partial charge < -0.3 is 30.3 Å². The van der Waals surface area contributed by atoms with Crippen LogP contribution in [0.1, 0.15) is 20.3 Å².